The summed E-state index contributed by atoms with van der Waals surface area (Å²) in [5.41, 5.74) is 3.83. The molecule has 0 aliphatic rings. The summed E-state index contributed by atoms with van der Waals surface area (Å²) in [5, 5.41) is 6.03. The number of carbonyl (C=O) groups is 1. The third-order valence-electron chi connectivity index (χ3n) is 4.20. The molecule has 3 rings (SSSR count). The zero-order valence-electron chi connectivity index (χ0n) is 16.2. The maximum absolute atomic E-state index is 12.6. The molecule has 7 nitrogen and oxygen atoms in total. The summed E-state index contributed by atoms with van der Waals surface area (Å²) in [6, 6.07) is 12.8. The highest BCUT2D eigenvalue weighted by atomic mass is 16.5. The Balaban J connectivity index is 1.79. The highest BCUT2D eigenvalue weighted by Crippen LogP contribution is 2.31. The standard InChI is InChI=1S/C21H22N4O3/c1-13-5-7-16(14(2)9-13)25-21(26)18-11-20(23-12-22-18)24-17-8-6-15(27-3)10-19(17)28-4/h5-12H,1-4H3,(H,25,26)(H,22,23,24). The third kappa shape index (κ3) is 4.37. The molecule has 2 aromatic carbocycles. The summed E-state index contributed by atoms with van der Waals surface area (Å²) in [5.74, 6) is 1.45. The van der Waals surface area contributed by atoms with E-state index in [9.17, 15) is 4.79 Å². The number of nitrogens with one attached hydrogen (secondary N) is 2. The van der Waals surface area contributed by atoms with Gasteiger partial charge < -0.3 is 20.1 Å². The number of nitrogens with zero attached hydrogens (tertiary/aromatic N) is 2. The second-order valence-electron chi connectivity index (χ2n) is 6.25. The van der Waals surface area contributed by atoms with E-state index in [4.69, 9.17) is 9.47 Å². The molecular weight excluding hydrogens is 356 g/mol. The van der Waals surface area contributed by atoms with Crippen LogP contribution in [0.25, 0.3) is 0 Å². The summed E-state index contributed by atoms with van der Waals surface area (Å²) >= 11 is 0. The van der Waals surface area contributed by atoms with E-state index in [1.165, 1.54) is 6.33 Å². The average Bonchev–Trinajstić information content (AvgIpc) is 2.70. The molecule has 144 valence electrons. The first kappa shape index (κ1) is 19.2. The first-order chi connectivity index (χ1) is 13.5. The molecule has 1 aromatic heterocycles. The Kier molecular flexibility index (Phi) is 5.74. The first-order valence-electron chi connectivity index (χ1n) is 8.70. The smallest absolute Gasteiger partial charge is 0.274 e. The van der Waals surface area contributed by atoms with Gasteiger partial charge in [0.2, 0.25) is 0 Å². The second-order valence-corrected chi connectivity index (χ2v) is 6.25. The van der Waals surface area contributed by atoms with E-state index in [0.717, 1.165) is 16.8 Å². The zero-order chi connectivity index (χ0) is 20.1. The summed E-state index contributed by atoms with van der Waals surface area (Å²) in [4.78, 5) is 20.9. The fraction of sp³-hybridized carbons (Fsp3) is 0.190. The van der Waals surface area contributed by atoms with Crippen molar-refractivity contribution in [3.8, 4) is 11.5 Å². The van der Waals surface area contributed by atoms with E-state index >= 15 is 0 Å². The van der Waals surface area contributed by atoms with Gasteiger partial charge in [0.05, 0.1) is 19.9 Å². The molecule has 0 aliphatic carbocycles. The number of benzene rings is 2. The molecule has 28 heavy (non-hydrogen) atoms. The number of anilines is 3. The molecule has 0 atom stereocenters. The van der Waals surface area contributed by atoms with Gasteiger partial charge in [0.25, 0.3) is 5.91 Å². The number of amides is 1. The molecule has 0 fully saturated rings. The summed E-state index contributed by atoms with van der Waals surface area (Å²) < 4.78 is 10.6. The van der Waals surface area contributed by atoms with Crippen molar-refractivity contribution in [2.24, 2.45) is 0 Å². The number of rotatable bonds is 6. The molecule has 0 bridgehead atoms. The van der Waals surface area contributed by atoms with Crippen LogP contribution in [0.2, 0.25) is 0 Å². The minimum atomic E-state index is -0.306. The number of hydrogen-bond acceptors (Lipinski definition) is 6. The van der Waals surface area contributed by atoms with Crippen LogP contribution >= 0.6 is 0 Å². The van der Waals surface area contributed by atoms with Crippen molar-refractivity contribution in [1.29, 1.82) is 0 Å². The second kappa shape index (κ2) is 8.39. The van der Waals surface area contributed by atoms with Gasteiger partial charge in [-0.15, -0.1) is 0 Å². The van der Waals surface area contributed by atoms with Crippen LogP contribution in [-0.2, 0) is 0 Å². The highest BCUT2D eigenvalue weighted by molar-refractivity contribution is 6.03. The predicted molar refractivity (Wildman–Crippen MR) is 109 cm³/mol. The van der Waals surface area contributed by atoms with Crippen LogP contribution in [0.3, 0.4) is 0 Å². The largest absolute Gasteiger partial charge is 0.497 e. The molecule has 1 amide bonds. The van der Waals surface area contributed by atoms with Gasteiger partial charge in [-0.05, 0) is 37.6 Å². The van der Waals surface area contributed by atoms with E-state index in [0.29, 0.717) is 23.0 Å². The molecule has 7 heteroatoms. The molecule has 2 N–H and O–H groups in total. The van der Waals surface area contributed by atoms with Gasteiger partial charge in [0.1, 0.15) is 29.3 Å². The monoisotopic (exact) mass is 378 g/mol. The van der Waals surface area contributed by atoms with Gasteiger partial charge >= 0.3 is 0 Å². The van der Waals surface area contributed by atoms with Gasteiger partial charge in [-0.25, -0.2) is 9.97 Å². The fourth-order valence-electron chi connectivity index (χ4n) is 2.73. The lowest BCUT2D eigenvalue weighted by molar-refractivity contribution is 0.102. The SMILES string of the molecule is COc1ccc(Nc2cc(C(=O)Nc3ccc(C)cc3C)ncn2)c(OC)c1. The van der Waals surface area contributed by atoms with Crippen LogP contribution in [-0.4, -0.2) is 30.1 Å². The van der Waals surface area contributed by atoms with Gasteiger partial charge in [0, 0.05) is 17.8 Å². The maximum Gasteiger partial charge on any atom is 0.274 e. The Morgan fingerprint density at radius 2 is 1.71 bits per heavy atom. The Morgan fingerprint density at radius 3 is 2.43 bits per heavy atom. The molecule has 0 unspecified atom stereocenters. The van der Waals surface area contributed by atoms with E-state index in [2.05, 4.69) is 20.6 Å². The van der Waals surface area contributed by atoms with Crippen LogP contribution in [0.15, 0.2) is 48.8 Å². The predicted octanol–water partition coefficient (Wildman–Crippen LogP) is 4.11. The van der Waals surface area contributed by atoms with E-state index in [-0.39, 0.29) is 11.6 Å². The average molecular weight is 378 g/mol. The van der Waals surface area contributed by atoms with Crippen LogP contribution in [0.4, 0.5) is 17.2 Å². The molecule has 3 aromatic rings. The fourth-order valence-corrected chi connectivity index (χ4v) is 2.73. The lowest BCUT2D eigenvalue weighted by Crippen LogP contribution is -2.15. The van der Waals surface area contributed by atoms with Crippen LogP contribution in [0.1, 0.15) is 21.6 Å². The number of hydrogen-bond donors (Lipinski definition) is 2. The third-order valence-corrected chi connectivity index (χ3v) is 4.20. The zero-order valence-corrected chi connectivity index (χ0v) is 16.2. The number of methoxy groups -OCH3 is 2. The molecule has 1 heterocycles. The highest BCUT2D eigenvalue weighted by Gasteiger charge is 2.12. The lowest BCUT2D eigenvalue weighted by Gasteiger charge is -2.12. The normalized spacial score (nSPS) is 10.3. The first-order valence-corrected chi connectivity index (χ1v) is 8.70. The van der Waals surface area contributed by atoms with Crippen molar-refractivity contribution in [3.63, 3.8) is 0 Å². The van der Waals surface area contributed by atoms with Crippen molar-refractivity contribution in [3.05, 3.63) is 65.6 Å². The number of aromatic nitrogens is 2. The number of aryl methyl sites for hydroxylation is 2. The van der Waals surface area contributed by atoms with Gasteiger partial charge in [0.15, 0.2) is 0 Å². The summed E-state index contributed by atoms with van der Waals surface area (Å²) in [7, 11) is 3.16. The Morgan fingerprint density at radius 1 is 0.929 bits per heavy atom. The molecule has 0 spiro atoms. The van der Waals surface area contributed by atoms with E-state index < -0.39 is 0 Å². The molecule has 0 saturated heterocycles. The van der Waals surface area contributed by atoms with Crippen LogP contribution in [0.5, 0.6) is 11.5 Å². The molecular formula is C21H22N4O3. The Hall–Kier alpha value is -3.61. The minimum Gasteiger partial charge on any atom is -0.497 e. The molecule has 0 radical (unpaired) electrons. The van der Waals surface area contributed by atoms with Crippen LogP contribution in [0, 0.1) is 13.8 Å². The molecule has 0 aliphatic heterocycles. The van der Waals surface area contributed by atoms with Crippen molar-refractivity contribution in [2.75, 3.05) is 24.9 Å². The van der Waals surface area contributed by atoms with Crippen molar-refractivity contribution in [1.82, 2.24) is 9.97 Å². The van der Waals surface area contributed by atoms with Crippen molar-refractivity contribution >= 4 is 23.1 Å². The van der Waals surface area contributed by atoms with Gasteiger partial charge in [-0.1, -0.05) is 17.7 Å². The van der Waals surface area contributed by atoms with E-state index in [1.807, 2.05) is 38.1 Å². The van der Waals surface area contributed by atoms with Crippen molar-refractivity contribution in [2.45, 2.75) is 13.8 Å². The Bertz CT molecular complexity index is 1000. The van der Waals surface area contributed by atoms with Crippen molar-refractivity contribution < 1.29 is 14.3 Å². The minimum absolute atomic E-state index is 0.255. The Labute approximate surface area is 163 Å². The lowest BCUT2D eigenvalue weighted by atomic mass is 10.1. The van der Waals surface area contributed by atoms with Gasteiger partial charge in [-0.3, -0.25) is 4.79 Å². The van der Waals surface area contributed by atoms with Gasteiger partial charge in [-0.2, -0.15) is 0 Å². The van der Waals surface area contributed by atoms with E-state index in [1.54, 1.807) is 32.4 Å². The topological polar surface area (TPSA) is 85.4 Å². The maximum atomic E-state index is 12.6. The number of carbonyl (C=O) groups excluding carboxylic acids is 1. The number of ether oxygens (including phenoxy) is 2. The summed E-state index contributed by atoms with van der Waals surface area (Å²) in [6.07, 6.45) is 1.34. The summed E-state index contributed by atoms with van der Waals surface area (Å²) in [6.45, 7) is 3.96. The van der Waals surface area contributed by atoms with Crippen LogP contribution < -0.4 is 20.1 Å². The molecule has 0 saturated carbocycles. The quantitative estimate of drug-likeness (QED) is 0.671.